The van der Waals surface area contributed by atoms with Crippen molar-refractivity contribution in [2.75, 3.05) is 13.1 Å². The smallest absolute Gasteiger partial charge is 0.310 e. The van der Waals surface area contributed by atoms with Gasteiger partial charge in [0.2, 0.25) is 0 Å². The van der Waals surface area contributed by atoms with Crippen molar-refractivity contribution < 1.29 is 9.53 Å². The van der Waals surface area contributed by atoms with Crippen molar-refractivity contribution in [1.29, 1.82) is 0 Å². The van der Waals surface area contributed by atoms with E-state index in [2.05, 4.69) is 12.2 Å². The average molecular weight is 241 g/mol. The number of carbonyl (C=O) groups excluding carboxylic acids is 1. The molecule has 1 rings (SSSR count). The molecular weight excluding hydrogens is 214 g/mol. The highest BCUT2D eigenvalue weighted by Crippen LogP contribution is 2.15. The molecule has 1 N–H and O–H groups in total. The second kappa shape index (κ2) is 8.51. The molecule has 17 heavy (non-hydrogen) atoms. The van der Waals surface area contributed by atoms with Gasteiger partial charge in [0, 0.05) is 6.54 Å². The van der Waals surface area contributed by atoms with E-state index in [1.165, 1.54) is 25.7 Å². The fourth-order valence-corrected chi connectivity index (χ4v) is 2.27. The van der Waals surface area contributed by atoms with Crippen LogP contribution in [0.3, 0.4) is 0 Å². The molecule has 1 fully saturated rings. The highest BCUT2D eigenvalue weighted by molar-refractivity contribution is 5.73. The highest BCUT2D eigenvalue weighted by Gasteiger charge is 2.23. The number of unbranched alkanes of at least 4 members (excludes halogenated alkanes) is 3. The van der Waals surface area contributed by atoms with Crippen molar-refractivity contribution in [1.82, 2.24) is 5.32 Å². The van der Waals surface area contributed by atoms with Gasteiger partial charge in [-0.2, -0.15) is 0 Å². The molecule has 3 nitrogen and oxygen atoms in total. The van der Waals surface area contributed by atoms with Gasteiger partial charge in [-0.1, -0.05) is 26.2 Å². The van der Waals surface area contributed by atoms with Crippen LogP contribution in [0, 0.1) is 5.92 Å². The summed E-state index contributed by atoms with van der Waals surface area (Å²) in [6.07, 6.45) is 8.12. The van der Waals surface area contributed by atoms with Gasteiger partial charge in [-0.3, -0.25) is 4.79 Å². The molecule has 0 saturated carbocycles. The summed E-state index contributed by atoms with van der Waals surface area (Å²) in [6, 6.07) is 0. The summed E-state index contributed by atoms with van der Waals surface area (Å²) in [4.78, 5) is 11.8. The molecule has 0 spiro atoms. The third-order valence-electron chi connectivity index (χ3n) is 3.41. The molecule has 100 valence electrons. The predicted octanol–water partition coefficient (Wildman–Crippen LogP) is 2.89. The Morgan fingerprint density at radius 2 is 2.24 bits per heavy atom. The highest BCUT2D eigenvalue weighted by atomic mass is 16.5. The normalized spacial score (nSPS) is 22.1. The zero-order valence-electron chi connectivity index (χ0n) is 11.3. The summed E-state index contributed by atoms with van der Waals surface area (Å²) in [6.45, 7) is 6.05. The largest absolute Gasteiger partial charge is 0.462 e. The van der Waals surface area contributed by atoms with E-state index in [-0.39, 0.29) is 18.0 Å². The van der Waals surface area contributed by atoms with Crippen LogP contribution in [0.25, 0.3) is 0 Å². The first kappa shape index (κ1) is 14.5. The topological polar surface area (TPSA) is 38.3 Å². The van der Waals surface area contributed by atoms with Gasteiger partial charge in [0.05, 0.1) is 12.0 Å². The molecule has 3 heteroatoms. The summed E-state index contributed by atoms with van der Waals surface area (Å²) in [7, 11) is 0. The first-order valence-corrected chi connectivity index (χ1v) is 7.15. The second-order valence-corrected chi connectivity index (χ2v) is 5.14. The fraction of sp³-hybridized carbons (Fsp3) is 0.929. The van der Waals surface area contributed by atoms with Crippen LogP contribution < -0.4 is 5.32 Å². The van der Waals surface area contributed by atoms with Crippen molar-refractivity contribution in [3.05, 3.63) is 0 Å². The van der Waals surface area contributed by atoms with Gasteiger partial charge in [-0.25, -0.2) is 0 Å². The molecule has 0 aromatic rings. The quantitative estimate of drug-likeness (QED) is 0.550. The van der Waals surface area contributed by atoms with E-state index >= 15 is 0 Å². The zero-order valence-corrected chi connectivity index (χ0v) is 11.3. The van der Waals surface area contributed by atoms with E-state index in [1.54, 1.807) is 0 Å². The summed E-state index contributed by atoms with van der Waals surface area (Å²) in [5.41, 5.74) is 0. The number of hydrogen-bond donors (Lipinski definition) is 1. The number of ether oxygens (including phenoxy) is 1. The number of esters is 1. The number of hydrogen-bond acceptors (Lipinski definition) is 3. The van der Waals surface area contributed by atoms with Crippen LogP contribution in [0.15, 0.2) is 0 Å². The summed E-state index contributed by atoms with van der Waals surface area (Å²) in [5, 5.41) is 3.25. The third-order valence-corrected chi connectivity index (χ3v) is 3.41. The maximum Gasteiger partial charge on any atom is 0.310 e. The van der Waals surface area contributed by atoms with Crippen LogP contribution in [0.5, 0.6) is 0 Å². The summed E-state index contributed by atoms with van der Waals surface area (Å²) >= 11 is 0. The molecule has 1 aliphatic rings. The molecule has 0 aromatic heterocycles. The van der Waals surface area contributed by atoms with E-state index < -0.39 is 0 Å². The molecule has 1 saturated heterocycles. The lowest BCUT2D eigenvalue weighted by atomic mass is 10.00. The molecule has 0 bridgehead atoms. The minimum atomic E-state index is 0.000177. The average Bonchev–Trinajstić information content (AvgIpc) is 2.36. The van der Waals surface area contributed by atoms with Crippen LogP contribution in [0.2, 0.25) is 0 Å². The maximum absolute atomic E-state index is 11.8. The van der Waals surface area contributed by atoms with Gasteiger partial charge in [0.25, 0.3) is 0 Å². The molecular formula is C14H27NO2. The predicted molar refractivity (Wildman–Crippen MR) is 69.9 cm³/mol. The van der Waals surface area contributed by atoms with Crippen LogP contribution in [0.1, 0.15) is 58.8 Å². The Morgan fingerprint density at radius 1 is 1.41 bits per heavy atom. The summed E-state index contributed by atoms with van der Waals surface area (Å²) in [5.74, 6) is 0.0852. The van der Waals surface area contributed by atoms with Gasteiger partial charge < -0.3 is 10.1 Å². The Bertz CT molecular complexity index is 212. The van der Waals surface area contributed by atoms with E-state index in [9.17, 15) is 4.79 Å². The zero-order chi connectivity index (χ0) is 12.5. The molecule has 2 atom stereocenters. The molecule has 0 radical (unpaired) electrons. The Kier molecular flexibility index (Phi) is 7.25. The van der Waals surface area contributed by atoms with Crippen LogP contribution in [-0.4, -0.2) is 25.2 Å². The Morgan fingerprint density at radius 3 is 2.88 bits per heavy atom. The Labute approximate surface area is 105 Å². The van der Waals surface area contributed by atoms with Crippen molar-refractivity contribution in [3.63, 3.8) is 0 Å². The van der Waals surface area contributed by atoms with Crippen molar-refractivity contribution >= 4 is 5.97 Å². The van der Waals surface area contributed by atoms with Crippen LogP contribution in [0.4, 0.5) is 0 Å². The standard InChI is InChI=1S/C14H27NO2/c1-3-4-5-6-8-12(2)17-14(16)13-9-7-10-15-11-13/h12-13,15H,3-11H2,1-2H3/t12?,13-/m1/s1. The van der Waals surface area contributed by atoms with E-state index in [0.29, 0.717) is 0 Å². The van der Waals surface area contributed by atoms with Crippen molar-refractivity contribution in [3.8, 4) is 0 Å². The van der Waals surface area contributed by atoms with Gasteiger partial charge in [-0.15, -0.1) is 0 Å². The molecule has 1 aliphatic heterocycles. The lowest BCUT2D eigenvalue weighted by molar-refractivity contribution is -0.154. The van der Waals surface area contributed by atoms with E-state index in [0.717, 1.165) is 32.4 Å². The first-order valence-electron chi connectivity index (χ1n) is 7.15. The van der Waals surface area contributed by atoms with Crippen LogP contribution in [-0.2, 0) is 9.53 Å². The van der Waals surface area contributed by atoms with Crippen molar-refractivity contribution in [2.24, 2.45) is 5.92 Å². The first-order chi connectivity index (χ1) is 8.24. The molecule has 1 heterocycles. The van der Waals surface area contributed by atoms with Gasteiger partial charge in [0.1, 0.15) is 0 Å². The molecule has 0 amide bonds. The lowest BCUT2D eigenvalue weighted by Gasteiger charge is -2.23. The molecule has 1 unspecified atom stereocenters. The van der Waals surface area contributed by atoms with Crippen LogP contribution >= 0.6 is 0 Å². The number of rotatable bonds is 7. The van der Waals surface area contributed by atoms with E-state index in [4.69, 9.17) is 4.74 Å². The molecule has 0 aromatic carbocycles. The Hall–Kier alpha value is -0.570. The van der Waals surface area contributed by atoms with Gasteiger partial charge in [0.15, 0.2) is 0 Å². The SMILES string of the molecule is CCCCCCC(C)OC(=O)[C@@H]1CCCNC1. The maximum atomic E-state index is 11.8. The summed E-state index contributed by atoms with van der Waals surface area (Å²) < 4.78 is 5.49. The number of carbonyl (C=O) groups is 1. The fourth-order valence-electron chi connectivity index (χ4n) is 2.27. The van der Waals surface area contributed by atoms with E-state index in [1.807, 2.05) is 6.92 Å². The monoisotopic (exact) mass is 241 g/mol. The number of piperidine rings is 1. The molecule has 0 aliphatic carbocycles. The second-order valence-electron chi connectivity index (χ2n) is 5.14. The lowest BCUT2D eigenvalue weighted by Crippen LogP contribution is -2.36. The third kappa shape index (κ3) is 6.06. The number of nitrogens with one attached hydrogen (secondary N) is 1. The minimum Gasteiger partial charge on any atom is -0.462 e. The van der Waals surface area contributed by atoms with Gasteiger partial charge in [-0.05, 0) is 39.2 Å². The van der Waals surface area contributed by atoms with Crippen molar-refractivity contribution in [2.45, 2.75) is 64.9 Å². The Balaban J connectivity index is 2.11. The van der Waals surface area contributed by atoms with Gasteiger partial charge >= 0.3 is 5.97 Å². The minimum absolute atomic E-state index is 0.000177.